The van der Waals surface area contributed by atoms with Crippen LogP contribution in [0, 0.1) is 6.92 Å². The first-order valence-corrected chi connectivity index (χ1v) is 21.0. The van der Waals surface area contributed by atoms with Crippen molar-refractivity contribution in [2.45, 2.75) is 6.92 Å². The number of hydrogen-bond acceptors (Lipinski definition) is 2. The van der Waals surface area contributed by atoms with Gasteiger partial charge in [-0.3, -0.25) is 4.40 Å². The quantitative estimate of drug-likeness (QED) is 0.158. The van der Waals surface area contributed by atoms with E-state index in [2.05, 4.69) is 224 Å². The maximum absolute atomic E-state index is 5.02. The number of imidazole rings is 1. The molecule has 59 heavy (non-hydrogen) atoms. The minimum absolute atomic E-state index is 1.02. The number of benzene rings is 9. The smallest absolute Gasteiger partial charge is 0.195 e. The van der Waals surface area contributed by atoms with Crippen LogP contribution in [0.3, 0.4) is 0 Å². The molecule has 0 unspecified atom stereocenters. The highest BCUT2D eigenvalue weighted by atomic mass is 32.1. The van der Waals surface area contributed by atoms with Crippen molar-refractivity contribution >= 4 is 37.5 Å². The van der Waals surface area contributed by atoms with Gasteiger partial charge in [-0.1, -0.05) is 205 Å². The first kappa shape index (κ1) is 34.9. The molecule has 0 N–H and O–H groups in total. The van der Waals surface area contributed by atoms with Crippen LogP contribution in [0.2, 0.25) is 0 Å². The van der Waals surface area contributed by atoms with Crippen LogP contribution in [0.1, 0.15) is 5.56 Å². The van der Waals surface area contributed by atoms with Gasteiger partial charge in [-0.2, -0.15) is 0 Å². The van der Waals surface area contributed by atoms with E-state index >= 15 is 0 Å². The van der Waals surface area contributed by atoms with E-state index in [0.29, 0.717) is 0 Å². The molecule has 0 saturated carbocycles. The fourth-order valence-corrected chi connectivity index (χ4v) is 10.3. The highest BCUT2D eigenvalue weighted by molar-refractivity contribution is 7.24. The number of para-hydroxylation sites is 2. The molecule has 2 heterocycles. The molecule has 0 atom stereocenters. The van der Waals surface area contributed by atoms with E-state index in [1.807, 2.05) is 0 Å². The zero-order valence-corrected chi connectivity index (χ0v) is 33.3. The minimum atomic E-state index is 1.02. The molecule has 0 aliphatic rings. The zero-order chi connectivity index (χ0) is 39.3. The Balaban J connectivity index is 1.26. The second-order valence-corrected chi connectivity index (χ2v) is 16.1. The van der Waals surface area contributed by atoms with Crippen molar-refractivity contribution < 1.29 is 0 Å². The van der Waals surface area contributed by atoms with E-state index in [-0.39, 0.29) is 0 Å². The van der Waals surface area contributed by atoms with Crippen LogP contribution in [0.25, 0.3) is 104 Å². The van der Waals surface area contributed by atoms with Crippen molar-refractivity contribution in [2.75, 3.05) is 0 Å². The molecule has 0 bridgehead atoms. The van der Waals surface area contributed by atoms with Gasteiger partial charge in [-0.25, -0.2) is 4.98 Å². The van der Waals surface area contributed by atoms with E-state index in [1.165, 1.54) is 88.1 Å². The van der Waals surface area contributed by atoms with E-state index < -0.39 is 0 Å². The number of rotatable bonds is 7. The second kappa shape index (κ2) is 14.6. The molecule has 11 aromatic rings. The summed E-state index contributed by atoms with van der Waals surface area (Å²) < 4.78 is 3.57. The molecule has 0 aliphatic carbocycles. The highest BCUT2D eigenvalue weighted by Crippen LogP contribution is 2.56. The van der Waals surface area contributed by atoms with Gasteiger partial charge in [0.05, 0.1) is 21.3 Å². The van der Waals surface area contributed by atoms with E-state index in [9.17, 15) is 0 Å². The molecular weight excluding hydrogens is 733 g/mol. The first-order valence-electron chi connectivity index (χ1n) is 20.1. The van der Waals surface area contributed by atoms with Crippen LogP contribution in [0.15, 0.2) is 212 Å². The zero-order valence-electron chi connectivity index (χ0n) is 32.5. The van der Waals surface area contributed by atoms with Crippen molar-refractivity contribution in [2.24, 2.45) is 0 Å². The Morgan fingerprint density at radius 2 is 0.661 bits per heavy atom. The van der Waals surface area contributed by atoms with Crippen molar-refractivity contribution in [3.8, 4) is 77.9 Å². The molecule has 0 saturated heterocycles. The summed E-state index contributed by atoms with van der Waals surface area (Å²) in [5.41, 5.74) is 21.4. The highest BCUT2D eigenvalue weighted by Gasteiger charge is 2.29. The SMILES string of the molecule is Cc1ccc2c(sc3nc4ccccc4n32)c1-c1ccc(-c2c(-c3ccccc3)c(-c3ccccc3)c(-c3ccccc3)c(-c3ccccc3)c2-c2ccccc2)cc1. The predicted molar refractivity (Wildman–Crippen MR) is 251 cm³/mol. The Morgan fingerprint density at radius 3 is 1.07 bits per heavy atom. The van der Waals surface area contributed by atoms with Crippen LogP contribution >= 0.6 is 11.3 Å². The lowest BCUT2D eigenvalue weighted by Crippen LogP contribution is -2.02. The topological polar surface area (TPSA) is 17.3 Å². The van der Waals surface area contributed by atoms with E-state index in [4.69, 9.17) is 4.98 Å². The Labute approximate surface area is 348 Å². The summed E-state index contributed by atoms with van der Waals surface area (Å²) in [7, 11) is 0. The van der Waals surface area contributed by atoms with Crippen molar-refractivity contribution in [1.82, 2.24) is 9.38 Å². The van der Waals surface area contributed by atoms with Crippen LogP contribution < -0.4 is 0 Å². The molecule has 0 aliphatic heterocycles. The number of thiazole rings is 1. The van der Waals surface area contributed by atoms with Crippen LogP contribution in [0.5, 0.6) is 0 Å². The average molecular weight is 771 g/mol. The fourth-order valence-electron chi connectivity index (χ4n) is 9.01. The molecule has 3 heteroatoms. The predicted octanol–water partition coefficient (Wildman–Crippen LogP) is 15.7. The van der Waals surface area contributed by atoms with Crippen molar-refractivity contribution in [3.05, 3.63) is 218 Å². The second-order valence-electron chi connectivity index (χ2n) is 15.1. The normalized spacial score (nSPS) is 11.5. The lowest BCUT2D eigenvalue weighted by molar-refractivity contribution is 1.34. The molecule has 0 spiro atoms. The maximum atomic E-state index is 5.02. The van der Waals surface area contributed by atoms with Gasteiger partial charge in [0.2, 0.25) is 0 Å². The summed E-state index contributed by atoms with van der Waals surface area (Å²) in [6.07, 6.45) is 0. The van der Waals surface area contributed by atoms with Crippen LogP contribution in [-0.4, -0.2) is 9.38 Å². The summed E-state index contributed by atoms with van der Waals surface area (Å²) in [6.45, 7) is 2.23. The van der Waals surface area contributed by atoms with E-state index in [1.54, 1.807) is 11.3 Å². The minimum Gasteiger partial charge on any atom is -0.283 e. The van der Waals surface area contributed by atoms with Gasteiger partial charge >= 0.3 is 0 Å². The summed E-state index contributed by atoms with van der Waals surface area (Å²) in [5.74, 6) is 0. The molecule has 0 fully saturated rings. The van der Waals surface area contributed by atoms with Gasteiger partial charge in [-0.05, 0) is 103 Å². The van der Waals surface area contributed by atoms with Gasteiger partial charge in [0.1, 0.15) is 0 Å². The van der Waals surface area contributed by atoms with Crippen molar-refractivity contribution in [1.29, 1.82) is 0 Å². The third-order valence-corrected chi connectivity index (χ3v) is 12.7. The first-order chi connectivity index (χ1) is 29.2. The van der Waals surface area contributed by atoms with Crippen molar-refractivity contribution in [3.63, 3.8) is 0 Å². The van der Waals surface area contributed by atoms with Gasteiger partial charge < -0.3 is 0 Å². The third-order valence-electron chi connectivity index (χ3n) is 11.6. The lowest BCUT2D eigenvalue weighted by atomic mass is 9.74. The van der Waals surface area contributed by atoms with Gasteiger partial charge in [0.15, 0.2) is 4.96 Å². The summed E-state index contributed by atoms with van der Waals surface area (Å²) in [6, 6.07) is 77.1. The van der Waals surface area contributed by atoms with Gasteiger partial charge in [0, 0.05) is 5.56 Å². The molecule has 2 nitrogen and oxygen atoms in total. The number of fused-ring (bicyclic) bond motifs is 5. The van der Waals surface area contributed by atoms with Crippen LogP contribution in [0.4, 0.5) is 0 Å². The summed E-state index contributed by atoms with van der Waals surface area (Å²) in [4.78, 5) is 6.04. The number of aryl methyl sites for hydroxylation is 1. The average Bonchev–Trinajstić information content (AvgIpc) is 3.86. The monoisotopic (exact) mass is 770 g/mol. The summed E-state index contributed by atoms with van der Waals surface area (Å²) in [5, 5.41) is 0. The van der Waals surface area contributed by atoms with Gasteiger partial charge in [-0.15, -0.1) is 0 Å². The molecular formula is C56H38N2S. The Morgan fingerprint density at radius 1 is 0.322 bits per heavy atom. The largest absolute Gasteiger partial charge is 0.283 e. The number of hydrogen-bond donors (Lipinski definition) is 0. The standard InChI is InChI=1S/C56H38N2S/c1-37-31-36-47-55(59-56-57-45-29-17-18-30-46(45)58(47)56)48(37)43-32-34-44(35-33-43)54-52(41-25-13-5-14-26-41)50(39-21-9-3-10-22-39)49(38-19-7-2-8-20-38)51(40-23-11-4-12-24-40)53(54)42-27-15-6-16-28-42/h2-36H,1H3. The fraction of sp³-hybridized carbons (Fsp3) is 0.0179. The molecule has 11 rings (SSSR count). The van der Waals surface area contributed by atoms with Crippen LogP contribution in [-0.2, 0) is 0 Å². The molecule has 0 amide bonds. The number of aromatic nitrogens is 2. The summed E-state index contributed by atoms with van der Waals surface area (Å²) >= 11 is 1.77. The maximum Gasteiger partial charge on any atom is 0.195 e. The van der Waals surface area contributed by atoms with Gasteiger partial charge in [0.25, 0.3) is 0 Å². The molecule has 0 radical (unpaired) electrons. The number of nitrogens with zero attached hydrogens (tertiary/aromatic N) is 2. The Bertz CT molecular complexity index is 3170. The Kier molecular flexibility index (Phi) is 8.61. The third kappa shape index (κ3) is 5.90. The molecule has 2 aromatic heterocycles. The molecule has 9 aromatic carbocycles. The Hall–Kier alpha value is -7.33. The van der Waals surface area contributed by atoms with E-state index in [0.717, 1.165) is 21.6 Å². The lowest BCUT2D eigenvalue weighted by Gasteiger charge is -2.29. The molecule has 278 valence electrons.